The molecule has 3 heterocycles. The van der Waals surface area contributed by atoms with E-state index in [1.54, 1.807) is 5.38 Å². The van der Waals surface area contributed by atoms with E-state index >= 15 is 0 Å². The monoisotopic (exact) mass is 324 g/mol. The van der Waals surface area contributed by atoms with Gasteiger partial charge in [0, 0.05) is 25.0 Å². The van der Waals surface area contributed by atoms with Crippen LogP contribution >= 0.6 is 11.3 Å². The van der Waals surface area contributed by atoms with Crippen LogP contribution in [0.3, 0.4) is 0 Å². The molecule has 1 aromatic heterocycles. The first-order valence-corrected chi connectivity index (χ1v) is 8.21. The molecule has 22 heavy (non-hydrogen) atoms. The molecule has 120 valence electrons. The van der Waals surface area contributed by atoms with Gasteiger partial charge in [-0.25, -0.2) is 4.98 Å². The Bertz CT molecular complexity index is 595. The van der Waals surface area contributed by atoms with Crippen molar-refractivity contribution in [3.63, 3.8) is 0 Å². The Balaban J connectivity index is 1.65. The van der Waals surface area contributed by atoms with E-state index in [0.29, 0.717) is 5.69 Å². The van der Waals surface area contributed by atoms with Gasteiger partial charge in [0.1, 0.15) is 11.7 Å². The molecule has 7 nitrogen and oxygen atoms in total. The number of anilines is 1. The van der Waals surface area contributed by atoms with Crippen molar-refractivity contribution in [1.29, 1.82) is 0 Å². The number of aliphatic carboxylic acids is 1. The minimum atomic E-state index is -0.729. The minimum absolute atomic E-state index is 0.0953. The third-order valence-electron chi connectivity index (χ3n) is 4.87. The second kappa shape index (κ2) is 5.51. The lowest BCUT2D eigenvalue weighted by Gasteiger charge is -2.39. The first kappa shape index (κ1) is 15.2. The van der Waals surface area contributed by atoms with Gasteiger partial charge in [0.25, 0.3) is 5.91 Å². The zero-order valence-electron chi connectivity index (χ0n) is 12.5. The lowest BCUT2D eigenvalue weighted by Crippen LogP contribution is -2.41. The Labute approximate surface area is 132 Å². The summed E-state index contributed by atoms with van der Waals surface area (Å²) in [5.41, 5.74) is 5.64. The highest BCUT2D eigenvalue weighted by Crippen LogP contribution is 2.43. The number of hydrogen-bond donors (Lipinski definition) is 2. The molecule has 1 amide bonds. The predicted molar refractivity (Wildman–Crippen MR) is 83.2 cm³/mol. The fourth-order valence-electron chi connectivity index (χ4n) is 3.60. The fraction of sp³-hybridized carbons (Fsp3) is 0.643. The lowest BCUT2D eigenvalue weighted by atomic mass is 9.76. The number of nitrogens with two attached hydrogens (primary N) is 1. The molecule has 1 unspecified atom stereocenters. The number of nitrogens with zero attached hydrogens (tertiary/aromatic N) is 3. The second-order valence-corrected chi connectivity index (χ2v) is 7.18. The molecule has 1 aromatic rings. The maximum absolute atomic E-state index is 11.3. The van der Waals surface area contributed by atoms with Crippen molar-refractivity contribution in [2.45, 2.75) is 25.3 Å². The summed E-state index contributed by atoms with van der Waals surface area (Å²) in [5.74, 6) is -1.23. The molecule has 3 N–H and O–H groups in total. The van der Waals surface area contributed by atoms with E-state index in [4.69, 9.17) is 5.73 Å². The van der Waals surface area contributed by atoms with E-state index in [1.807, 2.05) is 11.9 Å². The Morgan fingerprint density at radius 3 is 2.64 bits per heavy atom. The molecule has 2 aliphatic heterocycles. The third-order valence-corrected chi connectivity index (χ3v) is 5.77. The van der Waals surface area contributed by atoms with E-state index in [-0.39, 0.29) is 11.5 Å². The number of carbonyl (C=O) groups excluding carboxylic acids is 1. The Morgan fingerprint density at radius 1 is 1.45 bits per heavy atom. The lowest BCUT2D eigenvalue weighted by molar-refractivity contribution is -0.141. The molecule has 0 saturated carbocycles. The highest BCUT2D eigenvalue weighted by Gasteiger charge is 2.46. The summed E-state index contributed by atoms with van der Waals surface area (Å²) in [7, 11) is 1.89. The van der Waals surface area contributed by atoms with Crippen molar-refractivity contribution in [3.05, 3.63) is 11.1 Å². The van der Waals surface area contributed by atoms with Gasteiger partial charge in [-0.3, -0.25) is 14.5 Å². The maximum atomic E-state index is 11.3. The van der Waals surface area contributed by atoms with Gasteiger partial charge in [-0.2, -0.15) is 0 Å². The molecule has 2 fully saturated rings. The summed E-state index contributed by atoms with van der Waals surface area (Å²) in [4.78, 5) is 30.8. The zero-order valence-corrected chi connectivity index (χ0v) is 13.3. The number of rotatable bonds is 3. The molecular formula is C14H20N4O3S. The number of aromatic nitrogens is 1. The zero-order chi connectivity index (χ0) is 15.9. The Hall–Kier alpha value is -1.67. The number of carbonyl (C=O) groups is 2. The van der Waals surface area contributed by atoms with Crippen molar-refractivity contribution in [3.8, 4) is 0 Å². The quantitative estimate of drug-likeness (QED) is 0.845. The normalized spacial score (nSPS) is 24.8. The molecule has 2 saturated heterocycles. The van der Waals surface area contributed by atoms with Gasteiger partial charge in [0.05, 0.1) is 0 Å². The second-order valence-electron chi connectivity index (χ2n) is 6.34. The van der Waals surface area contributed by atoms with Crippen LogP contribution in [0.15, 0.2) is 5.38 Å². The van der Waals surface area contributed by atoms with Crippen LogP contribution in [0.1, 0.15) is 29.8 Å². The topological polar surface area (TPSA) is 99.8 Å². The maximum Gasteiger partial charge on any atom is 0.320 e. The third kappa shape index (κ3) is 2.68. The number of likely N-dealkylation sites (N-methyl/N-ethyl adjacent to an activating group) is 1. The molecule has 1 spiro atoms. The molecule has 1 atom stereocenters. The van der Waals surface area contributed by atoms with Gasteiger partial charge in [0.15, 0.2) is 5.13 Å². The summed E-state index contributed by atoms with van der Waals surface area (Å²) < 4.78 is 0. The van der Waals surface area contributed by atoms with Gasteiger partial charge in [-0.05, 0) is 31.7 Å². The smallest absolute Gasteiger partial charge is 0.320 e. The van der Waals surface area contributed by atoms with E-state index in [2.05, 4.69) is 9.88 Å². The van der Waals surface area contributed by atoms with Crippen LogP contribution < -0.4 is 10.6 Å². The summed E-state index contributed by atoms with van der Waals surface area (Å²) in [6.45, 7) is 2.51. The van der Waals surface area contributed by atoms with Crippen molar-refractivity contribution >= 4 is 28.3 Å². The number of likely N-dealkylation sites (tertiary alicyclic amines) is 1. The average molecular weight is 324 g/mol. The standard InChI is InChI=1S/C14H20N4O3S/c1-17-8-14(6-10(17)12(20)21)2-4-18(5-3-14)13-16-9(7-22-13)11(15)19/h7,10H,2-6,8H2,1H3,(H2,15,19)(H,20,21). The van der Waals surface area contributed by atoms with Crippen molar-refractivity contribution in [1.82, 2.24) is 9.88 Å². The van der Waals surface area contributed by atoms with E-state index in [0.717, 1.165) is 44.0 Å². The van der Waals surface area contributed by atoms with Gasteiger partial charge < -0.3 is 15.7 Å². The van der Waals surface area contributed by atoms with Gasteiger partial charge >= 0.3 is 5.97 Å². The minimum Gasteiger partial charge on any atom is -0.480 e. The Kier molecular flexibility index (Phi) is 3.82. The fourth-order valence-corrected chi connectivity index (χ4v) is 4.47. The van der Waals surface area contributed by atoms with Crippen LogP contribution in [0, 0.1) is 5.41 Å². The first-order valence-electron chi connectivity index (χ1n) is 7.34. The van der Waals surface area contributed by atoms with Crippen molar-refractivity contribution < 1.29 is 14.7 Å². The molecule has 0 radical (unpaired) electrons. The van der Waals surface area contributed by atoms with Crippen molar-refractivity contribution in [2.24, 2.45) is 11.1 Å². The van der Waals surface area contributed by atoms with Crippen LogP contribution in [-0.2, 0) is 4.79 Å². The first-order chi connectivity index (χ1) is 10.4. The molecule has 0 aliphatic carbocycles. The van der Waals surface area contributed by atoms with E-state index in [1.165, 1.54) is 11.3 Å². The molecule has 0 bridgehead atoms. The predicted octanol–water partition coefficient (Wildman–Crippen LogP) is 0.617. The number of thiazole rings is 1. The van der Waals surface area contributed by atoms with Gasteiger partial charge in [-0.15, -0.1) is 11.3 Å². The SMILES string of the molecule is CN1CC2(CCN(c3nc(C(N)=O)cs3)CC2)CC1C(=O)O. The average Bonchev–Trinajstić information content (AvgIpc) is 3.06. The molecule has 8 heteroatoms. The van der Waals surface area contributed by atoms with Crippen molar-refractivity contribution in [2.75, 3.05) is 31.6 Å². The van der Waals surface area contributed by atoms with Gasteiger partial charge in [0.2, 0.25) is 0 Å². The van der Waals surface area contributed by atoms with Crippen LogP contribution in [0.4, 0.5) is 5.13 Å². The number of carboxylic acids is 1. The number of hydrogen-bond acceptors (Lipinski definition) is 6. The number of piperidine rings is 1. The van der Waals surface area contributed by atoms with Crippen LogP contribution in [0.25, 0.3) is 0 Å². The largest absolute Gasteiger partial charge is 0.480 e. The Morgan fingerprint density at radius 2 is 2.14 bits per heavy atom. The van der Waals surface area contributed by atoms with Gasteiger partial charge in [-0.1, -0.05) is 0 Å². The van der Waals surface area contributed by atoms with Crippen LogP contribution in [-0.4, -0.2) is 59.6 Å². The molecule has 2 aliphatic rings. The van der Waals surface area contributed by atoms with E-state index in [9.17, 15) is 14.7 Å². The summed E-state index contributed by atoms with van der Waals surface area (Å²) in [6, 6.07) is -0.368. The highest BCUT2D eigenvalue weighted by atomic mass is 32.1. The summed E-state index contributed by atoms with van der Waals surface area (Å²) in [5, 5.41) is 11.8. The highest BCUT2D eigenvalue weighted by molar-refractivity contribution is 7.13. The number of carboxylic acid groups (broad SMARTS) is 1. The molecular weight excluding hydrogens is 304 g/mol. The number of amides is 1. The molecule has 3 rings (SSSR count). The summed E-state index contributed by atoms with van der Waals surface area (Å²) >= 11 is 1.43. The summed E-state index contributed by atoms with van der Waals surface area (Å²) in [6.07, 6.45) is 2.62. The van der Waals surface area contributed by atoms with E-state index < -0.39 is 11.9 Å². The molecule has 0 aromatic carbocycles. The van der Waals surface area contributed by atoms with Crippen LogP contribution in [0.5, 0.6) is 0 Å². The van der Waals surface area contributed by atoms with Crippen LogP contribution in [0.2, 0.25) is 0 Å². The number of primary amides is 1.